The molecule has 3 aromatic rings. The summed E-state index contributed by atoms with van der Waals surface area (Å²) < 4.78 is 1.17. The number of nitrogens with zero attached hydrogens (tertiary/aromatic N) is 2. The third-order valence-electron chi connectivity index (χ3n) is 6.04. The molecular formula is C23H28N3OS+. The van der Waals surface area contributed by atoms with E-state index < -0.39 is 0 Å². The molecule has 0 radical (unpaired) electrons. The molecule has 0 aliphatic heterocycles. The number of aryl methyl sites for hydroxylation is 1. The topological polar surface area (TPSA) is 37.6 Å². The molecule has 28 heavy (non-hydrogen) atoms. The zero-order valence-corrected chi connectivity index (χ0v) is 17.6. The van der Waals surface area contributed by atoms with E-state index in [1.807, 2.05) is 30.1 Å². The summed E-state index contributed by atoms with van der Waals surface area (Å²) in [5, 5.41) is 0.998. The van der Waals surface area contributed by atoms with Crippen LogP contribution in [0.15, 0.2) is 48.5 Å². The molecule has 0 spiro atoms. The summed E-state index contributed by atoms with van der Waals surface area (Å²) in [4.78, 5) is 20.9. The van der Waals surface area contributed by atoms with Gasteiger partial charge in [-0.15, -0.1) is 11.3 Å². The Kier molecular flexibility index (Phi) is 5.47. The third-order valence-corrected chi connectivity index (χ3v) is 7.24. The van der Waals surface area contributed by atoms with Gasteiger partial charge in [-0.3, -0.25) is 4.79 Å². The first-order valence-electron chi connectivity index (χ1n) is 10.1. The summed E-state index contributed by atoms with van der Waals surface area (Å²) in [5.41, 5.74) is 3.87. The number of carbonyl (C=O) groups is 1. The van der Waals surface area contributed by atoms with Crippen molar-refractivity contribution >= 4 is 27.5 Å². The Hall–Kier alpha value is -2.24. The third kappa shape index (κ3) is 3.69. The van der Waals surface area contributed by atoms with Gasteiger partial charge in [0, 0.05) is 19.0 Å². The quantitative estimate of drug-likeness (QED) is 0.720. The van der Waals surface area contributed by atoms with E-state index in [0.717, 1.165) is 23.4 Å². The van der Waals surface area contributed by atoms with Crippen molar-refractivity contribution in [1.82, 2.24) is 9.88 Å². The summed E-state index contributed by atoms with van der Waals surface area (Å²) in [7, 11) is 4.06. The number of fused-ring (bicyclic) bond motifs is 2. The van der Waals surface area contributed by atoms with Crippen LogP contribution in [0.25, 0.3) is 10.2 Å². The van der Waals surface area contributed by atoms with E-state index in [0.29, 0.717) is 12.6 Å². The summed E-state index contributed by atoms with van der Waals surface area (Å²) in [5.74, 6) is 0.173. The number of rotatable bonds is 5. The fraction of sp³-hybridized carbons (Fsp3) is 0.391. The molecule has 2 aromatic carbocycles. The summed E-state index contributed by atoms with van der Waals surface area (Å²) in [6.07, 6.45) is 3.50. The van der Waals surface area contributed by atoms with Gasteiger partial charge < -0.3 is 9.80 Å². The van der Waals surface area contributed by atoms with Gasteiger partial charge in [0.25, 0.3) is 5.91 Å². The molecule has 1 unspecified atom stereocenters. The van der Waals surface area contributed by atoms with Gasteiger partial charge in [0.2, 0.25) is 0 Å². The number of aromatic nitrogens is 1. The number of thiazole rings is 1. The van der Waals surface area contributed by atoms with Gasteiger partial charge >= 0.3 is 0 Å². The highest BCUT2D eigenvalue weighted by molar-refractivity contribution is 7.18. The summed E-state index contributed by atoms with van der Waals surface area (Å²) >= 11 is 1.68. The van der Waals surface area contributed by atoms with Crippen LogP contribution in [0.1, 0.15) is 48.0 Å². The van der Waals surface area contributed by atoms with Crippen LogP contribution in [0.5, 0.6) is 0 Å². The van der Waals surface area contributed by atoms with Crippen molar-refractivity contribution in [3.05, 3.63) is 64.7 Å². The lowest BCUT2D eigenvalue weighted by molar-refractivity contribution is -0.905. The Labute approximate surface area is 170 Å². The van der Waals surface area contributed by atoms with Crippen molar-refractivity contribution < 1.29 is 9.69 Å². The molecule has 0 fully saturated rings. The van der Waals surface area contributed by atoms with Crippen molar-refractivity contribution in [1.29, 1.82) is 0 Å². The number of carbonyl (C=O) groups excluding carboxylic acids is 1. The van der Waals surface area contributed by atoms with E-state index >= 15 is 0 Å². The Bertz CT molecular complexity index is 950. The first-order chi connectivity index (χ1) is 13.5. The van der Waals surface area contributed by atoms with Crippen molar-refractivity contribution in [2.75, 3.05) is 20.6 Å². The zero-order chi connectivity index (χ0) is 19.7. The lowest BCUT2D eigenvalue weighted by Crippen LogP contribution is -3.10. The first kappa shape index (κ1) is 19.1. The molecule has 0 saturated carbocycles. The molecule has 1 aromatic heterocycles. The second-order valence-corrected chi connectivity index (χ2v) is 8.93. The molecule has 0 saturated heterocycles. The van der Waals surface area contributed by atoms with Crippen LogP contribution in [-0.4, -0.2) is 36.4 Å². The van der Waals surface area contributed by atoms with Gasteiger partial charge in [0.1, 0.15) is 11.0 Å². The number of para-hydroxylation sites is 1. The lowest BCUT2D eigenvalue weighted by atomic mass is 9.87. The van der Waals surface area contributed by atoms with Gasteiger partial charge in [-0.05, 0) is 37.5 Å². The molecule has 0 bridgehead atoms. The van der Waals surface area contributed by atoms with Crippen molar-refractivity contribution in [3.8, 4) is 0 Å². The minimum atomic E-state index is -0.0173. The second kappa shape index (κ2) is 8.02. The second-order valence-electron chi connectivity index (χ2n) is 7.87. The van der Waals surface area contributed by atoms with Crippen molar-refractivity contribution in [2.24, 2.45) is 0 Å². The van der Waals surface area contributed by atoms with Gasteiger partial charge in [0.05, 0.1) is 23.3 Å². The van der Waals surface area contributed by atoms with E-state index in [4.69, 9.17) is 4.98 Å². The minimum absolute atomic E-state index is 0.0173. The average Bonchev–Trinajstić information content (AvgIpc) is 3.16. The lowest BCUT2D eigenvalue weighted by Gasteiger charge is -2.32. The highest BCUT2D eigenvalue weighted by atomic mass is 32.1. The van der Waals surface area contributed by atoms with Crippen LogP contribution in [0.2, 0.25) is 0 Å². The average molecular weight is 395 g/mol. The SMILES string of the molecule is C[C@H](c1nc2ccccc2s1)N(C)C(=O)C[NH+](C)[C@@H]1CCCc2ccccc21. The molecule has 1 aliphatic carbocycles. The Morgan fingerprint density at radius 1 is 1.25 bits per heavy atom. The maximum absolute atomic E-state index is 13.0. The molecule has 1 amide bonds. The number of amides is 1. The minimum Gasteiger partial charge on any atom is -0.332 e. The molecule has 146 valence electrons. The van der Waals surface area contributed by atoms with Gasteiger partial charge in [0.15, 0.2) is 6.54 Å². The smallest absolute Gasteiger partial charge is 0.278 e. The monoisotopic (exact) mass is 394 g/mol. The van der Waals surface area contributed by atoms with Gasteiger partial charge in [-0.25, -0.2) is 4.98 Å². The Balaban J connectivity index is 1.45. The largest absolute Gasteiger partial charge is 0.332 e. The first-order valence-corrected chi connectivity index (χ1v) is 10.9. The summed E-state index contributed by atoms with van der Waals surface area (Å²) in [6.45, 7) is 2.57. The predicted octanol–water partition coefficient (Wildman–Crippen LogP) is 3.41. The summed E-state index contributed by atoms with van der Waals surface area (Å²) in [6, 6.07) is 17.2. The number of benzene rings is 2. The maximum Gasteiger partial charge on any atom is 0.278 e. The van der Waals surface area contributed by atoms with E-state index in [9.17, 15) is 4.79 Å². The molecule has 1 aliphatic rings. The number of nitrogens with one attached hydrogen (secondary N) is 1. The predicted molar refractivity (Wildman–Crippen MR) is 115 cm³/mol. The van der Waals surface area contributed by atoms with Crippen LogP contribution in [0.4, 0.5) is 0 Å². The molecular weight excluding hydrogens is 366 g/mol. The van der Waals surface area contributed by atoms with E-state index in [2.05, 4.69) is 44.3 Å². The molecule has 3 atom stereocenters. The van der Waals surface area contributed by atoms with Crippen LogP contribution in [0, 0.1) is 0 Å². The fourth-order valence-corrected chi connectivity index (χ4v) is 5.27. The highest BCUT2D eigenvalue weighted by Gasteiger charge is 2.30. The number of hydrogen-bond donors (Lipinski definition) is 1. The molecule has 5 heteroatoms. The van der Waals surface area contributed by atoms with Crippen LogP contribution in [0.3, 0.4) is 0 Å². The van der Waals surface area contributed by atoms with Crippen LogP contribution < -0.4 is 4.90 Å². The highest BCUT2D eigenvalue weighted by Crippen LogP contribution is 2.29. The number of quaternary nitrogens is 1. The molecule has 4 nitrogen and oxygen atoms in total. The Morgan fingerprint density at radius 2 is 2.00 bits per heavy atom. The number of likely N-dealkylation sites (N-methyl/N-ethyl adjacent to an activating group) is 2. The van der Waals surface area contributed by atoms with E-state index in [1.54, 1.807) is 11.3 Å². The van der Waals surface area contributed by atoms with Crippen molar-refractivity contribution in [2.45, 2.75) is 38.3 Å². The fourth-order valence-electron chi connectivity index (χ4n) is 4.20. The van der Waals surface area contributed by atoms with Crippen LogP contribution in [-0.2, 0) is 11.2 Å². The van der Waals surface area contributed by atoms with E-state index in [1.165, 1.54) is 27.1 Å². The maximum atomic E-state index is 13.0. The van der Waals surface area contributed by atoms with E-state index in [-0.39, 0.29) is 11.9 Å². The van der Waals surface area contributed by atoms with Crippen molar-refractivity contribution in [3.63, 3.8) is 0 Å². The van der Waals surface area contributed by atoms with Gasteiger partial charge in [-0.1, -0.05) is 36.4 Å². The van der Waals surface area contributed by atoms with Gasteiger partial charge in [-0.2, -0.15) is 0 Å². The normalized spacial score (nSPS) is 18.5. The Morgan fingerprint density at radius 3 is 2.82 bits per heavy atom. The molecule has 1 heterocycles. The molecule has 1 N–H and O–H groups in total. The molecule has 4 rings (SSSR count). The standard InChI is InChI=1S/C23H27N3OS/c1-16(23-24-19-12-6-7-14-21(19)28-23)26(3)22(27)15-25(2)20-13-8-10-17-9-4-5-11-18(17)20/h4-7,9,11-12,14,16,20H,8,10,13,15H2,1-3H3/p+1/t16-,20-/m1/s1. The number of hydrogen-bond acceptors (Lipinski definition) is 3. The zero-order valence-electron chi connectivity index (χ0n) is 16.8. The van der Waals surface area contributed by atoms with Crippen LogP contribution >= 0.6 is 11.3 Å².